The molecule has 0 radical (unpaired) electrons. The van der Waals surface area contributed by atoms with Crippen LogP contribution in [-0.4, -0.2) is 56.4 Å². The van der Waals surface area contributed by atoms with Crippen molar-refractivity contribution in [2.45, 2.75) is 33.1 Å². The molecule has 0 rings (SSSR count). The summed E-state index contributed by atoms with van der Waals surface area (Å²) >= 11 is 0. The van der Waals surface area contributed by atoms with E-state index in [-0.39, 0.29) is 16.8 Å². The lowest BCUT2D eigenvalue weighted by Gasteiger charge is -2.12. The van der Waals surface area contributed by atoms with Gasteiger partial charge in [0.15, 0.2) is 0 Å². The molecule has 0 aliphatic heterocycles. The topological polar surface area (TPSA) is 62.4 Å². The predicted octanol–water partition coefficient (Wildman–Crippen LogP) is 2.44. The minimum atomic E-state index is -0.121. The molecule has 1 atom stereocenters. The monoisotopic (exact) mass is 367 g/mol. The van der Waals surface area contributed by atoms with Gasteiger partial charge in [-0.2, -0.15) is 0 Å². The number of ether oxygens (including phenoxy) is 1. The Hall–Kier alpha value is -0.390. The molecule has 0 bridgehead atoms. The molecular formula is C16H37N3O2S2. The van der Waals surface area contributed by atoms with Crippen molar-refractivity contribution in [1.82, 2.24) is 16.0 Å². The molecule has 0 aliphatic rings. The van der Waals surface area contributed by atoms with Crippen LogP contribution >= 0.6 is 21.6 Å². The first-order valence-electron chi connectivity index (χ1n) is 8.11. The van der Waals surface area contributed by atoms with Gasteiger partial charge in [0.05, 0.1) is 18.5 Å². The highest BCUT2D eigenvalue weighted by molar-refractivity contribution is 8.76. The number of hydrogen-bond donors (Lipinski definition) is 3. The molecule has 1 unspecified atom stereocenters. The third-order valence-corrected chi connectivity index (χ3v) is 5.24. The van der Waals surface area contributed by atoms with Crippen molar-refractivity contribution in [3.63, 3.8) is 0 Å². The summed E-state index contributed by atoms with van der Waals surface area (Å²) in [6, 6.07) is 0. The van der Waals surface area contributed by atoms with Gasteiger partial charge in [0.1, 0.15) is 6.61 Å². The second-order valence-electron chi connectivity index (χ2n) is 5.17. The summed E-state index contributed by atoms with van der Waals surface area (Å²) in [5.41, 5.74) is 0. The van der Waals surface area contributed by atoms with Crippen LogP contribution in [0.15, 0.2) is 0 Å². The molecule has 0 aliphatic carbocycles. The minimum Gasteiger partial charge on any atom is -0.370 e. The van der Waals surface area contributed by atoms with Gasteiger partial charge < -0.3 is 20.7 Å². The molecule has 0 aromatic carbocycles. The summed E-state index contributed by atoms with van der Waals surface area (Å²) in [5.74, 6) is 7.20. The maximum Gasteiger partial charge on any atom is 0.246 e. The highest BCUT2D eigenvalue weighted by atomic mass is 33.1. The number of amides is 1. The standard InChI is InChI=1S/C16H31N3O2S2.3H2/c1-5-17-10-12-22-23-15(4)18-9-11-21-13-16(20)19-8-6-7-14(2)3;;;/h14-15,17-18H,5,8-13H2,1-4H3,(H,19,20);3*1H. The highest BCUT2D eigenvalue weighted by Gasteiger charge is 2.03. The number of rotatable bonds is 13. The second kappa shape index (κ2) is 16.5. The maximum atomic E-state index is 11.5. The predicted molar refractivity (Wildman–Crippen MR) is 109 cm³/mol. The highest BCUT2D eigenvalue weighted by Crippen LogP contribution is 2.24. The molecule has 0 fully saturated rings. The van der Waals surface area contributed by atoms with E-state index < -0.39 is 0 Å². The number of carbonyl (C=O) groups is 1. The minimum absolute atomic E-state index is 0. The Kier molecular flexibility index (Phi) is 16.2. The zero-order valence-electron chi connectivity index (χ0n) is 14.7. The maximum absolute atomic E-state index is 11.5. The lowest BCUT2D eigenvalue weighted by atomic mass is 10.2. The van der Waals surface area contributed by atoms with Crippen molar-refractivity contribution < 1.29 is 13.8 Å². The molecule has 0 aromatic rings. The molecule has 0 saturated heterocycles. The summed E-state index contributed by atoms with van der Waals surface area (Å²) in [6.07, 6.45) is 0. The Morgan fingerprint density at radius 2 is 2.09 bits per heavy atom. The Bertz CT molecular complexity index is 370. The fraction of sp³-hybridized carbons (Fsp3) is 0.812. The summed E-state index contributed by atoms with van der Waals surface area (Å²) in [6.45, 7) is 12.1. The van der Waals surface area contributed by atoms with Crippen molar-refractivity contribution in [1.29, 1.82) is 0 Å². The van der Waals surface area contributed by atoms with Crippen molar-refractivity contribution in [3.05, 3.63) is 0 Å². The molecule has 140 valence electrons. The van der Waals surface area contributed by atoms with Gasteiger partial charge in [0.2, 0.25) is 5.91 Å². The fourth-order valence-corrected chi connectivity index (χ4v) is 3.49. The third-order valence-electron chi connectivity index (χ3n) is 2.50. The Labute approximate surface area is 153 Å². The van der Waals surface area contributed by atoms with Crippen LogP contribution in [0.3, 0.4) is 0 Å². The summed E-state index contributed by atoms with van der Waals surface area (Å²) < 4.78 is 5.33. The van der Waals surface area contributed by atoms with E-state index in [1.807, 2.05) is 35.4 Å². The SMILES string of the molecule is CCNCCSSC(C)NCCOCC(=O)NCC#CC(C)C.[HH].[HH].[HH]. The van der Waals surface area contributed by atoms with Crippen molar-refractivity contribution in [3.8, 4) is 11.8 Å². The van der Waals surface area contributed by atoms with E-state index in [9.17, 15) is 4.79 Å². The molecule has 0 spiro atoms. The molecule has 5 nitrogen and oxygen atoms in total. The first-order chi connectivity index (χ1) is 11.1. The zero-order chi connectivity index (χ0) is 17.3. The quantitative estimate of drug-likeness (QED) is 0.201. The van der Waals surface area contributed by atoms with Crippen molar-refractivity contribution >= 4 is 27.5 Å². The second-order valence-corrected chi connectivity index (χ2v) is 8.00. The molecule has 3 N–H and O–H groups in total. The Morgan fingerprint density at radius 1 is 1.30 bits per heavy atom. The number of hydrogen-bond acceptors (Lipinski definition) is 6. The van der Waals surface area contributed by atoms with Gasteiger partial charge in [-0.3, -0.25) is 4.79 Å². The van der Waals surface area contributed by atoms with Crippen molar-refractivity contribution in [2.24, 2.45) is 5.92 Å². The van der Waals surface area contributed by atoms with Crippen LogP contribution in [-0.2, 0) is 9.53 Å². The van der Waals surface area contributed by atoms with E-state index in [1.165, 1.54) is 0 Å². The molecule has 0 saturated carbocycles. The molecule has 1 amide bonds. The smallest absolute Gasteiger partial charge is 0.246 e. The lowest BCUT2D eigenvalue weighted by molar-refractivity contribution is -0.125. The summed E-state index contributed by atoms with van der Waals surface area (Å²) in [7, 11) is 3.68. The van der Waals surface area contributed by atoms with E-state index in [4.69, 9.17) is 4.74 Å². The summed E-state index contributed by atoms with van der Waals surface area (Å²) in [4.78, 5) is 11.5. The first-order valence-corrected chi connectivity index (χ1v) is 10.5. The fourth-order valence-electron chi connectivity index (χ4n) is 1.42. The Balaban J connectivity index is -0.000000807. The van der Waals surface area contributed by atoms with Crippen LogP contribution in [0.25, 0.3) is 0 Å². The normalized spacial score (nSPS) is 11.9. The lowest BCUT2D eigenvalue weighted by Crippen LogP contribution is -2.31. The molecule has 0 heterocycles. The van der Waals surface area contributed by atoms with Gasteiger partial charge in [-0.15, -0.1) is 0 Å². The molecular weight excluding hydrogens is 330 g/mol. The zero-order valence-corrected chi connectivity index (χ0v) is 16.4. The van der Waals surface area contributed by atoms with Gasteiger partial charge in [-0.1, -0.05) is 54.2 Å². The Morgan fingerprint density at radius 3 is 2.78 bits per heavy atom. The van der Waals surface area contributed by atoms with Gasteiger partial charge in [-0.25, -0.2) is 0 Å². The van der Waals surface area contributed by atoms with Crippen LogP contribution in [0, 0.1) is 17.8 Å². The number of nitrogens with one attached hydrogen (secondary N) is 3. The van der Waals surface area contributed by atoms with E-state index in [2.05, 4.69) is 41.6 Å². The molecule has 7 heteroatoms. The van der Waals surface area contributed by atoms with Gasteiger partial charge in [0, 0.05) is 29.0 Å². The third kappa shape index (κ3) is 17.8. The van der Waals surface area contributed by atoms with Crippen LogP contribution < -0.4 is 16.0 Å². The number of carbonyl (C=O) groups excluding carboxylic acids is 1. The molecule has 0 aromatic heterocycles. The molecule has 23 heavy (non-hydrogen) atoms. The largest absolute Gasteiger partial charge is 0.370 e. The average molecular weight is 368 g/mol. The van der Waals surface area contributed by atoms with Gasteiger partial charge in [0.25, 0.3) is 0 Å². The van der Waals surface area contributed by atoms with Gasteiger partial charge in [-0.05, 0) is 13.5 Å². The van der Waals surface area contributed by atoms with E-state index in [1.54, 1.807) is 0 Å². The van der Waals surface area contributed by atoms with Crippen molar-refractivity contribution in [2.75, 3.05) is 45.1 Å². The van der Waals surface area contributed by atoms with Crippen LogP contribution in [0.1, 0.15) is 32.0 Å². The van der Waals surface area contributed by atoms with E-state index in [0.717, 1.165) is 25.4 Å². The van der Waals surface area contributed by atoms with Crippen LogP contribution in [0.2, 0.25) is 0 Å². The summed E-state index contributed by atoms with van der Waals surface area (Å²) in [5, 5.41) is 9.73. The van der Waals surface area contributed by atoms with Crippen LogP contribution in [0.5, 0.6) is 0 Å². The van der Waals surface area contributed by atoms with E-state index >= 15 is 0 Å². The van der Waals surface area contributed by atoms with Crippen LogP contribution in [0.4, 0.5) is 0 Å². The van der Waals surface area contributed by atoms with Gasteiger partial charge >= 0.3 is 0 Å². The van der Waals surface area contributed by atoms with E-state index in [0.29, 0.717) is 24.4 Å². The average Bonchev–Trinajstić information content (AvgIpc) is 2.51. The first kappa shape index (κ1) is 22.6.